The van der Waals surface area contributed by atoms with Gasteiger partial charge in [0.15, 0.2) is 11.5 Å². The molecular weight excluding hydrogens is 556 g/mol. The number of methoxy groups -OCH3 is 1. The number of esters is 1. The van der Waals surface area contributed by atoms with Gasteiger partial charge in [-0.2, -0.15) is 0 Å². The number of hydrogen-bond acceptors (Lipinski definition) is 9. The molecule has 1 unspecified atom stereocenters. The van der Waals surface area contributed by atoms with Crippen molar-refractivity contribution in [2.24, 2.45) is 0 Å². The lowest BCUT2D eigenvalue weighted by atomic mass is 10.1. The smallest absolute Gasteiger partial charge is 0.306 e. The van der Waals surface area contributed by atoms with E-state index in [0.717, 1.165) is 25.7 Å². The quantitative estimate of drug-likeness (QED) is 0.0491. The van der Waals surface area contributed by atoms with E-state index in [4.69, 9.17) is 23.7 Å². The number of benzene rings is 1. The summed E-state index contributed by atoms with van der Waals surface area (Å²) in [5.74, 6) is -0.0483. The van der Waals surface area contributed by atoms with Crippen molar-refractivity contribution in [3.05, 3.63) is 27.8 Å². The molecule has 11 nitrogen and oxygen atoms in total. The summed E-state index contributed by atoms with van der Waals surface area (Å²) in [5, 5.41) is 14.6. The number of amides is 1. The summed E-state index contributed by atoms with van der Waals surface area (Å²) in [5.41, 5.74) is 0.00478. The van der Waals surface area contributed by atoms with Gasteiger partial charge in [0.25, 0.3) is 5.69 Å². The van der Waals surface area contributed by atoms with E-state index in [1.165, 1.54) is 57.8 Å². The third kappa shape index (κ3) is 17.7. The zero-order chi connectivity index (χ0) is 31.7. The van der Waals surface area contributed by atoms with Crippen molar-refractivity contribution in [2.45, 2.75) is 110 Å². The fourth-order valence-electron chi connectivity index (χ4n) is 4.45. The monoisotopic (exact) mass is 610 g/mol. The molecule has 1 amide bonds. The number of nitrogens with zero attached hydrogens (tertiary/aromatic N) is 1. The van der Waals surface area contributed by atoms with Crippen molar-refractivity contribution in [2.75, 3.05) is 46.7 Å². The fourth-order valence-corrected chi connectivity index (χ4v) is 4.45. The van der Waals surface area contributed by atoms with Gasteiger partial charge in [-0.3, -0.25) is 19.7 Å². The minimum atomic E-state index is -0.828. The second kappa shape index (κ2) is 24.5. The number of hydrogen-bond donors (Lipinski definition) is 1. The van der Waals surface area contributed by atoms with Crippen LogP contribution in [0.15, 0.2) is 12.1 Å². The number of nitro benzene ring substituents is 1. The molecule has 0 radical (unpaired) electrons. The highest BCUT2D eigenvalue weighted by Crippen LogP contribution is 2.38. The number of nitrogens with one attached hydrogen (secondary N) is 1. The maximum atomic E-state index is 12.4. The first-order chi connectivity index (χ1) is 20.8. The number of ether oxygens (including phenoxy) is 5. The third-order valence-corrected chi connectivity index (χ3v) is 6.84. The van der Waals surface area contributed by atoms with Crippen LogP contribution in [0.1, 0.15) is 116 Å². The number of carbonyl (C=O) groups excluding carboxylic acids is 2. The van der Waals surface area contributed by atoms with E-state index in [2.05, 4.69) is 12.2 Å². The molecule has 0 aliphatic heterocycles. The molecule has 0 aromatic heterocycles. The highest BCUT2D eigenvalue weighted by atomic mass is 16.6. The lowest BCUT2D eigenvalue weighted by Gasteiger charge is -2.17. The highest BCUT2D eigenvalue weighted by molar-refractivity contribution is 5.75. The number of nitro groups is 1. The van der Waals surface area contributed by atoms with Crippen LogP contribution in [0.4, 0.5) is 5.69 Å². The molecule has 1 aromatic carbocycles. The molecule has 1 N–H and O–H groups in total. The van der Waals surface area contributed by atoms with E-state index in [1.807, 2.05) is 6.92 Å². The number of unbranched alkanes of at least 4 members (excludes halogenated alkanes) is 8. The van der Waals surface area contributed by atoms with Crippen LogP contribution in [0.3, 0.4) is 0 Å². The van der Waals surface area contributed by atoms with E-state index in [1.54, 1.807) is 6.92 Å². The van der Waals surface area contributed by atoms with Crippen LogP contribution in [0.2, 0.25) is 0 Å². The standard InChI is InChI=1S/C32H54N2O9/c1-5-7-8-9-10-11-12-13-14-17-32(36)43-26(3)27-24-29(39-4)30(25-28(27)34(37)38)42-20-15-16-31(35)33-18-21-41-23-22-40-19-6-2/h24-26H,5-23H2,1-4H3,(H,33,35). The molecule has 0 saturated carbocycles. The molecule has 0 heterocycles. The molecule has 11 heteroatoms. The van der Waals surface area contributed by atoms with Gasteiger partial charge in [-0.25, -0.2) is 0 Å². The lowest BCUT2D eigenvalue weighted by Crippen LogP contribution is -2.27. The Morgan fingerprint density at radius 3 is 2.09 bits per heavy atom. The van der Waals surface area contributed by atoms with Gasteiger partial charge in [0.1, 0.15) is 6.10 Å². The van der Waals surface area contributed by atoms with Gasteiger partial charge in [0, 0.05) is 26.0 Å². The maximum Gasteiger partial charge on any atom is 0.306 e. The molecule has 0 fully saturated rings. The molecule has 43 heavy (non-hydrogen) atoms. The highest BCUT2D eigenvalue weighted by Gasteiger charge is 2.26. The van der Waals surface area contributed by atoms with Gasteiger partial charge in [-0.1, -0.05) is 65.2 Å². The normalized spacial score (nSPS) is 11.6. The average Bonchev–Trinajstić information content (AvgIpc) is 2.99. The Hall–Kier alpha value is -2.92. The van der Waals surface area contributed by atoms with Crippen LogP contribution in [0.25, 0.3) is 0 Å². The summed E-state index contributed by atoms with van der Waals surface area (Å²) < 4.78 is 27.4. The van der Waals surface area contributed by atoms with Crippen LogP contribution in [0.5, 0.6) is 11.5 Å². The van der Waals surface area contributed by atoms with Gasteiger partial charge in [0.2, 0.25) is 5.91 Å². The molecule has 246 valence electrons. The topological polar surface area (TPSA) is 135 Å². The minimum Gasteiger partial charge on any atom is -0.493 e. The maximum absolute atomic E-state index is 12.4. The molecule has 1 rings (SSSR count). The third-order valence-electron chi connectivity index (χ3n) is 6.84. The molecule has 1 atom stereocenters. The molecule has 1 aromatic rings. The van der Waals surface area contributed by atoms with E-state index in [0.29, 0.717) is 39.4 Å². The van der Waals surface area contributed by atoms with Gasteiger partial charge in [-0.05, 0) is 32.3 Å². The van der Waals surface area contributed by atoms with Crippen molar-refractivity contribution < 1.29 is 38.2 Å². The molecule has 0 saturated heterocycles. The first-order valence-electron chi connectivity index (χ1n) is 15.9. The molecule has 0 bridgehead atoms. The number of rotatable bonds is 27. The van der Waals surface area contributed by atoms with Crippen LogP contribution in [0, 0.1) is 10.1 Å². The molecular formula is C32H54N2O9. The van der Waals surface area contributed by atoms with E-state index in [-0.39, 0.29) is 54.1 Å². The van der Waals surface area contributed by atoms with Crippen molar-refractivity contribution in [1.29, 1.82) is 0 Å². The van der Waals surface area contributed by atoms with Gasteiger partial charge in [-0.15, -0.1) is 0 Å². The van der Waals surface area contributed by atoms with Crippen LogP contribution >= 0.6 is 0 Å². The zero-order valence-corrected chi connectivity index (χ0v) is 26.8. The summed E-state index contributed by atoms with van der Waals surface area (Å²) in [6, 6.07) is 2.75. The molecule has 0 aliphatic carbocycles. The Kier molecular flexibility index (Phi) is 21.7. The van der Waals surface area contributed by atoms with Crippen LogP contribution in [-0.2, 0) is 23.8 Å². The zero-order valence-electron chi connectivity index (χ0n) is 26.8. The van der Waals surface area contributed by atoms with Gasteiger partial charge in [0.05, 0.1) is 50.1 Å². The largest absolute Gasteiger partial charge is 0.493 e. The first kappa shape index (κ1) is 38.1. The predicted octanol–water partition coefficient (Wildman–Crippen LogP) is 6.85. The second-order valence-electron chi connectivity index (χ2n) is 10.6. The minimum absolute atomic E-state index is 0.138. The summed E-state index contributed by atoms with van der Waals surface area (Å²) in [6.07, 6.45) is 11.3. The summed E-state index contributed by atoms with van der Waals surface area (Å²) in [6.45, 7) is 8.54. The Morgan fingerprint density at radius 2 is 1.47 bits per heavy atom. The van der Waals surface area contributed by atoms with E-state index >= 15 is 0 Å². The SMILES string of the molecule is CCCCCCCCCCCC(=O)OC(C)c1cc(OC)c(OCCCC(=O)NCCOCCOCCC)cc1[N+](=O)[O-]. The Morgan fingerprint density at radius 1 is 0.814 bits per heavy atom. The second-order valence-corrected chi connectivity index (χ2v) is 10.6. The van der Waals surface area contributed by atoms with E-state index < -0.39 is 11.0 Å². The Bertz CT molecular complexity index is 926. The van der Waals surface area contributed by atoms with Crippen molar-refractivity contribution in [3.63, 3.8) is 0 Å². The van der Waals surface area contributed by atoms with Crippen molar-refractivity contribution >= 4 is 17.6 Å². The summed E-state index contributed by atoms with van der Waals surface area (Å²) >= 11 is 0. The average molecular weight is 611 g/mol. The van der Waals surface area contributed by atoms with Crippen LogP contribution in [-0.4, -0.2) is 63.5 Å². The Balaban J connectivity index is 2.47. The summed E-state index contributed by atoms with van der Waals surface area (Å²) in [4.78, 5) is 35.8. The molecule has 0 spiro atoms. The predicted molar refractivity (Wildman–Crippen MR) is 166 cm³/mol. The van der Waals surface area contributed by atoms with Crippen LogP contribution < -0.4 is 14.8 Å². The number of carbonyl (C=O) groups is 2. The van der Waals surface area contributed by atoms with Crippen molar-refractivity contribution in [3.8, 4) is 11.5 Å². The molecule has 0 aliphatic rings. The van der Waals surface area contributed by atoms with Crippen molar-refractivity contribution in [1.82, 2.24) is 5.32 Å². The first-order valence-corrected chi connectivity index (χ1v) is 15.9. The van der Waals surface area contributed by atoms with E-state index in [9.17, 15) is 19.7 Å². The van der Waals surface area contributed by atoms with Gasteiger partial charge >= 0.3 is 5.97 Å². The Labute approximate surface area is 257 Å². The lowest BCUT2D eigenvalue weighted by molar-refractivity contribution is -0.386. The van der Waals surface area contributed by atoms with Gasteiger partial charge < -0.3 is 29.0 Å². The summed E-state index contributed by atoms with van der Waals surface area (Å²) in [7, 11) is 1.43. The fraction of sp³-hybridized carbons (Fsp3) is 0.750.